The van der Waals surface area contributed by atoms with Crippen LogP contribution in [0.25, 0.3) is 11.0 Å². The molecule has 3 aromatic rings. The molecule has 0 spiro atoms. The largest absolute Gasteiger partial charge is 0.481 e. The molecule has 3 amide bonds. The van der Waals surface area contributed by atoms with Crippen LogP contribution in [0.15, 0.2) is 38.5 Å². The van der Waals surface area contributed by atoms with Crippen LogP contribution in [0.3, 0.4) is 0 Å². The van der Waals surface area contributed by atoms with Crippen LogP contribution in [0.1, 0.15) is 81.0 Å². The van der Waals surface area contributed by atoms with Crippen LogP contribution in [-0.4, -0.2) is 238 Å². The number of carboxylic acid groups (broad SMARTS) is 1. The molecule has 1 atom stereocenters. The van der Waals surface area contributed by atoms with E-state index in [1.165, 1.54) is 13.0 Å². The van der Waals surface area contributed by atoms with Crippen molar-refractivity contribution in [3.63, 3.8) is 0 Å². The number of anilines is 2. The summed E-state index contributed by atoms with van der Waals surface area (Å²) in [6.45, 7) is 16.8. The van der Waals surface area contributed by atoms with Gasteiger partial charge in [0, 0.05) is 80.5 Å². The quantitative estimate of drug-likeness (QED) is 0.0460. The molecule has 1 aromatic carbocycles. The highest BCUT2D eigenvalue weighted by Gasteiger charge is 2.24. The molecule has 87 heavy (non-hydrogen) atoms. The highest BCUT2D eigenvalue weighted by atomic mass is 32.2. The molecule has 0 aliphatic heterocycles. The zero-order valence-corrected chi connectivity index (χ0v) is 52.7. The third-order valence-electron chi connectivity index (χ3n) is 12.5. The second-order valence-corrected chi connectivity index (χ2v) is 22.5. The van der Waals surface area contributed by atoms with Crippen LogP contribution >= 0.6 is 11.3 Å². The van der Waals surface area contributed by atoms with E-state index >= 15 is 0 Å². The number of ether oxygens (including phenoxy) is 12. The number of ketones is 1. The van der Waals surface area contributed by atoms with Crippen LogP contribution in [0.5, 0.6) is 0 Å². The van der Waals surface area contributed by atoms with Gasteiger partial charge in [-0.2, -0.15) is 0 Å². The van der Waals surface area contributed by atoms with Gasteiger partial charge >= 0.3 is 11.6 Å². The molecule has 4 N–H and O–H groups in total. The molecule has 0 fully saturated rings. The fraction of sp³-hybridized carbons (Fsp3) is 0.707. The summed E-state index contributed by atoms with van der Waals surface area (Å²) in [5.74, 6) is -2.97. The van der Waals surface area contributed by atoms with Crippen molar-refractivity contribution >= 4 is 72.4 Å². The maximum absolute atomic E-state index is 13.4. The molecule has 0 saturated carbocycles. The van der Waals surface area contributed by atoms with Crippen LogP contribution in [0.2, 0.25) is 0 Å². The van der Waals surface area contributed by atoms with Gasteiger partial charge in [0.05, 0.1) is 164 Å². The second kappa shape index (κ2) is 47.8. The van der Waals surface area contributed by atoms with Gasteiger partial charge in [0.2, 0.25) is 11.8 Å². The third-order valence-corrected chi connectivity index (χ3v) is 15.3. The molecule has 1 unspecified atom stereocenters. The van der Waals surface area contributed by atoms with Crippen molar-refractivity contribution < 1.29 is 98.8 Å². The van der Waals surface area contributed by atoms with Crippen LogP contribution < -0.4 is 26.5 Å². The molecular weight excluding hydrogens is 1180 g/mol. The summed E-state index contributed by atoms with van der Waals surface area (Å²) in [6.07, 6.45) is 1.74. The number of aliphatic carboxylic acids is 1. The topological polar surface area (TPSA) is 333 Å². The lowest BCUT2D eigenvalue weighted by molar-refractivity contribution is -0.138. The van der Waals surface area contributed by atoms with Gasteiger partial charge in [0.25, 0.3) is 5.91 Å². The van der Waals surface area contributed by atoms with Crippen molar-refractivity contribution in [2.75, 3.05) is 201 Å². The Morgan fingerprint density at radius 3 is 1.60 bits per heavy atom. The lowest BCUT2D eigenvalue weighted by atomic mass is 9.94. The van der Waals surface area contributed by atoms with Gasteiger partial charge < -0.3 is 87.2 Å². The molecular formula is C58H93N5O22S2. The van der Waals surface area contributed by atoms with E-state index in [0.717, 1.165) is 30.1 Å². The number of sulfone groups is 1. The van der Waals surface area contributed by atoms with Crippen LogP contribution in [0, 0.1) is 12.8 Å². The van der Waals surface area contributed by atoms with E-state index < -0.39 is 33.3 Å². The molecule has 3 rings (SSSR count). The Hall–Kier alpha value is -5.12. The highest BCUT2D eigenvalue weighted by Crippen LogP contribution is 2.27. The average Bonchev–Trinajstić information content (AvgIpc) is 2.06. The molecule has 0 bridgehead atoms. The number of nitrogens with zero attached hydrogens (tertiary/aromatic N) is 2. The molecule has 494 valence electrons. The van der Waals surface area contributed by atoms with E-state index in [1.807, 2.05) is 26.0 Å². The number of aromatic nitrogens is 1. The zero-order chi connectivity index (χ0) is 63.2. The van der Waals surface area contributed by atoms with E-state index in [2.05, 4.69) is 25.8 Å². The van der Waals surface area contributed by atoms with Crippen LogP contribution in [-0.2, 0) is 85.9 Å². The van der Waals surface area contributed by atoms with Gasteiger partial charge in [-0.3, -0.25) is 24.0 Å². The first-order chi connectivity index (χ1) is 42.1. The lowest BCUT2D eigenvalue weighted by Gasteiger charge is -2.21. The molecule has 0 aliphatic rings. The van der Waals surface area contributed by atoms with Gasteiger partial charge in [0.15, 0.2) is 20.0 Å². The summed E-state index contributed by atoms with van der Waals surface area (Å²) in [5, 5.41) is 17.7. The fourth-order valence-corrected chi connectivity index (χ4v) is 10.7. The number of amides is 3. The number of benzene rings is 1. The number of carboxylic acids is 1. The highest BCUT2D eigenvalue weighted by molar-refractivity contribution is 7.91. The number of rotatable bonds is 57. The number of Topliss-reactive ketones (excluding diaryl/α,β-unsaturated/α-hetero) is 1. The number of hydrogen-bond donors (Lipinski definition) is 4. The number of nitrogens with one attached hydrogen (secondary N) is 3. The van der Waals surface area contributed by atoms with Crippen LogP contribution in [0.4, 0.5) is 10.8 Å². The molecule has 0 aliphatic carbocycles. The lowest BCUT2D eigenvalue weighted by Crippen LogP contribution is -2.35. The normalized spacial score (nSPS) is 12.0. The second-order valence-electron chi connectivity index (χ2n) is 19.3. The SMILES string of the molecule is CCN(CC)c1ccc2cc(C(=O)NCCCCC(CC(=O)CCOCCOCCOCCOCCOCCOCCOCCOCCCS(=O)(=O)c3nc(NC(C)=O)sc3C)C(=O)NCCOCCOCCOCCOCCC(=O)O)c(=O)oc2c1. The van der Waals surface area contributed by atoms with Crippen molar-refractivity contribution in [3.8, 4) is 0 Å². The maximum Gasteiger partial charge on any atom is 0.349 e. The molecule has 27 nitrogen and oxygen atoms in total. The monoisotopic (exact) mass is 1280 g/mol. The number of carbonyl (C=O) groups is 5. The van der Waals surface area contributed by atoms with Gasteiger partial charge in [-0.1, -0.05) is 6.42 Å². The Kier molecular flexibility index (Phi) is 41.8. The number of hydrogen-bond acceptors (Lipinski definition) is 24. The van der Waals surface area contributed by atoms with E-state index in [4.69, 9.17) is 66.4 Å². The van der Waals surface area contributed by atoms with Gasteiger partial charge in [-0.25, -0.2) is 18.2 Å². The fourth-order valence-electron chi connectivity index (χ4n) is 8.02. The van der Waals surface area contributed by atoms with Crippen molar-refractivity contribution in [1.29, 1.82) is 0 Å². The number of aryl methyl sites for hydroxylation is 1. The summed E-state index contributed by atoms with van der Waals surface area (Å²) in [6, 6.07) is 7.06. The molecule has 0 saturated heterocycles. The van der Waals surface area contributed by atoms with E-state index in [9.17, 15) is 37.2 Å². The first-order valence-electron chi connectivity index (χ1n) is 29.7. The Bertz CT molecular complexity index is 2570. The van der Waals surface area contributed by atoms with E-state index in [0.29, 0.717) is 167 Å². The Balaban J connectivity index is 1.19. The van der Waals surface area contributed by atoms with Gasteiger partial charge in [-0.15, -0.1) is 11.3 Å². The van der Waals surface area contributed by atoms with Crippen molar-refractivity contribution in [2.24, 2.45) is 5.92 Å². The minimum absolute atomic E-state index is 0.00233. The number of carbonyl (C=O) groups excluding carboxylic acids is 4. The zero-order valence-electron chi connectivity index (χ0n) is 51.1. The minimum Gasteiger partial charge on any atom is -0.481 e. The molecule has 29 heteroatoms. The number of thiazole rings is 1. The van der Waals surface area contributed by atoms with Gasteiger partial charge in [0.1, 0.15) is 16.9 Å². The third kappa shape index (κ3) is 35.6. The molecule has 0 radical (unpaired) electrons. The summed E-state index contributed by atoms with van der Waals surface area (Å²) >= 11 is 1.12. The predicted molar refractivity (Wildman–Crippen MR) is 323 cm³/mol. The number of unbranched alkanes of at least 4 members (excludes halogenated alkanes) is 1. The first-order valence-corrected chi connectivity index (χ1v) is 32.1. The van der Waals surface area contributed by atoms with E-state index in [-0.39, 0.29) is 104 Å². The maximum atomic E-state index is 13.4. The summed E-state index contributed by atoms with van der Waals surface area (Å²) < 4.78 is 96.7. The minimum atomic E-state index is -3.59. The molecule has 2 heterocycles. The Morgan fingerprint density at radius 1 is 0.621 bits per heavy atom. The van der Waals surface area contributed by atoms with Crippen molar-refractivity contribution in [3.05, 3.63) is 45.1 Å². The summed E-state index contributed by atoms with van der Waals surface area (Å²) in [5.41, 5.74) is 0.472. The predicted octanol–water partition coefficient (Wildman–Crippen LogP) is 3.88. The summed E-state index contributed by atoms with van der Waals surface area (Å²) in [4.78, 5) is 80.8. The molecule has 2 aromatic heterocycles. The van der Waals surface area contributed by atoms with E-state index in [1.54, 1.807) is 13.0 Å². The summed E-state index contributed by atoms with van der Waals surface area (Å²) in [7, 11) is -3.59. The average molecular weight is 1280 g/mol. The number of fused-ring (bicyclic) bond motifs is 1. The standard InChI is InChI=1S/C58H93N5O22S2/c1-5-63(6-2)49-12-11-47-43-51(57(70)85-52(47)44-49)55(69)59-15-8-7-10-48(54(68)60-16-20-76-24-28-80-32-30-79-27-23-75-19-14-53(66)67)42-50(65)13-18-74-22-26-78-31-34-82-36-38-84-40-39-83-37-35-81-33-29-77-25-21-73-17-9-41-87(71,72)56-45(3)86-58(62-56)61-46(4)64/h11-12,43-44,48H,5-10,13-42H2,1-4H3,(H,59,69)(H,60,68)(H,66,67)(H,61,62,64). The smallest absolute Gasteiger partial charge is 0.349 e. The van der Waals surface area contributed by atoms with Crippen molar-refractivity contribution in [1.82, 2.24) is 15.6 Å². The first kappa shape index (κ1) is 76.1. The Labute approximate surface area is 514 Å². The van der Waals surface area contributed by atoms with Crippen molar-refractivity contribution in [2.45, 2.75) is 77.7 Å². The van der Waals surface area contributed by atoms with Gasteiger partial charge in [-0.05, 0) is 58.2 Å². The Morgan fingerprint density at radius 2 is 1.10 bits per heavy atom.